The Morgan fingerprint density at radius 1 is 1.15 bits per heavy atom. The Balaban J connectivity index is 2.49. The molecule has 1 aliphatic carbocycles. The summed E-state index contributed by atoms with van der Waals surface area (Å²) in [6.07, 6.45) is 4.90. The predicted octanol–water partition coefficient (Wildman–Crippen LogP) is 2.12. The number of nitrogens with zero attached hydrogens (tertiary/aromatic N) is 1. The van der Waals surface area contributed by atoms with E-state index in [1.165, 1.54) is 19.3 Å². The van der Waals surface area contributed by atoms with Gasteiger partial charge in [-0.15, -0.1) is 0 Å². The minimum Gasteiger partial charge on any atom is -0.385 e. The van der Waals surface area contributed by atoms with Crippen molar-refractivity contribution in [3.05, 3.63) is 0 Å². The third-order valence-corrected chi connectivity index (χ3v) is 4.73. The van der Waals surface area contributed by atoms with Gasteiger partial charge in [-0.2, -0.15) is 0 Å². The first kappa shape index (κ1) is 17.9. The Hall–Kier alpha value is -0.160. The van der Waals surface area contributed by atoms with Gasteiger partial charge in [0.1, 0.15) is 0 Å². The molecule has 120 valence electrons. The van der Waals surface area contributed by atoms with E-state index < -0.39 is 0 Å². The molecule has 0 saturated heterocycles. The smallest absolute Gasteiger partial charge is 0.0589 e. The van der Waals surface area contributed by atoms with Crippen LogP contribution in [0.5, 0.6) is 0 Å². The van der Waals surface area contributed by atoms with Crippen LogP contribution in [0.2, 0.25) is 0 Å². The maximum Gasteiger partial charge on any atom is 0.0589 e. The number of ether oxygens (including phenoxy) is 2. The average molecular weight is 286 g/mol. The van der Waals surface area contributed by atoms with Crippen LogP contribution < -0.4 is 5.73 Å². The Labute approximate surface area is 125 Å². The van der Waals surface area contributed by atoms with Gasteiger partial charge in [-0.3, -0.25) is 0 Å². The molecule has 2 N–H and O–H groups in total. The van der Waals surface area contributed by atoms with Gasteiger partial charge in [0.15, 0.2) is 0 Å². The molecule has 0 spiro atoms. The van der Waals surface area contributed by atoms with E-state index in [1.54, 1.807) is 14.2 Å². The van der Waals surface area contributed by atoms with E-state index in [0.29, 0.717) is 12.0 Å². The van der Waals surface area contributed by atoms with Crippen molar-refractivity contribution >= 4 is 0 Å². The van der Waals surface area contributed by atoms with Crippen LogP contribution in [0.1, 0.15) is 39.5 Å². The maximum atomic E-state index is 6.51. The van der Waals surface area contributed by atoms with E-state index in [-0.39, 0.29) is 5.41 Å². The molecule has 0 heterocycles. The van der Waals surface area contributed by atoms with Crippen molar-refractivity contribution in [3.63, 3.8) is 0 Å². The van der Waals surface area contributed by atoms with Crippen molar-refractivity contribution in [1.29, 1.82) is 0 Å². The molecule has 1 aliphatic rings. The minimum atomic E-state index is 0.280. The van der Waals surface area contributed by atoms with Gasteiger partial charge in [0.2, 0.25) is 0 Å². The molecule has 2 unspecified atom stereocenters. The van der Waals surface area contributed by atoms with E-state index in [4.69, 9.17) is 15.2 Å². The van der Waals surface area contributed by atoms with Crippen LogP contribution in [-0.4, -0.2) is 58.0 Å². The van der Waals surface area contributed by atoms with Crippen molar-refractivity contribution in [2.45, 2.75) is 45.6 Å². The zero-order chi connectivity index (χ0) is 15.0. The molecular formula is C16H34N2O2. The lowest BCUT2D eigenvalue weighted by atomic mass is 9.68. The summed E-state index contributed by atoms with van der Waals surface area (Å²) in [5, 5.41) is 0. The molecule has 4 heteroatoms. The van der Waals surface area contributed by atoms with Gasteiger partial charge >= 0.3 is 0 Å². The first-order chi connectivity index (χ1) is 9.51. The first-order valence-corrected chi connectivity index (χ1v) is 7.97. The first-order valence-electron chi connectivity index (χ1n) is 7.97. The Morgan fingerprint density at radius 2 is 1.85 bits per heavy atom. The van der Waals surface area contributed by atoms with E-state index in [1.807, 2.05) is 0 Å². The molecule has 1 rings (SSSR count). The van der Waals surface area contributed by atoms with Gasteiger partial charge in [-0.1, -0.05) is 20.3 Å². The molecule has 0 bridgehead atoms. The molecule has 0 aliphatic heterocycles. The Morgan fingerprint density at radius 3 is 2.50 bits per heavy atom. The van der Waals surface area contributed by atoms with Crippen LogP contribution in [0, 0.1) is 11.3 Å². The van der Waals surface area contributed by atoms with Crippen LogP contribution in [0.3, 0.4) is 0 Å². The Bertz CT molecular complexity index is 259. The highest BCUT2D eigenvalue weighted by molar-refractivity contribution is 4.92. The number of hydrogen-bond donors (Lipinski definition) is 1. The second-order valence-electron chi connectivity index (χ2n) is 6.81. The van der Waals surface area contributed by atoms with E-state index in [9.17, 15) is 0 Å². The van der Waals surface area contributed by atoms with Crippen LogP contribution in [0.25, 0.3) is 0 Å². The summed E-state index contributed by atoms with van der Waals surface area (Å²) in [7, 11) is 3.53. The lowest BCUT2D eigenvalue weighted by Crippen LogP contribution is -2.50. The van der Waals surface area contributed by atoms with Crippen molar-refractivity contribution in [2.75, 3.05) is 47.1 Å². The molecule has 20 heavy (non-hydrogen) atoms. The third-order valence-electron chi connectivity index (χ3n) is 4.73. The summed E-state index contributed by atoms with van der Waals surface area (Å²) in [6.45, 7) is 9.40. The zero-order valence-electron chi connectivity index (χ0n) is 13.9. The number of nitrogens with two attached hydrogens (primary N) is 1. The standard InChI is InChI=1S/C16H34N2O2/c1-16(2)8-5-7-14(15(16)17)13-18(10-12-20-4)9-6-11-19-3/h14-15H,5-13,17H2,1-4H3. The van der Waals surface area contributed by atoms with Gasteiger partial charge < -0.3 is 20.1 Å². The van der Waals surface area contributed by atoms with Crippen LogP contribution in [-0.2, 0) is 9.47 Å². The summed E-state index contributed by atoms with van der Waals surface area (Å²) in [5.74, 6) is 0.609. The van der Waals surface area contributed by atoms with E-state index in [0.717, 1.165) is 39.3 Å². The highest BCUT2D eigenvalue weighted by Gasteiger charge is 2.36. The fraction of sp³-hybridized carbons (Fsp3) is 1.00. The summed E-state index contributed by atoms with van der Waals surface area (Å²) >= 11 is 0. The van der Waals surface area contributed by atoms with Crippen molar-refractivity contribution in [1.82, 2.24) is 4.90 Å². The normalized spacial score (nSPS) is 26.1. The number of rotatable bonds is 9. The molecule has 4 nitrogen and oxygen atoms in total. The molecule has 0 aromatic carbocycles. The van der Waals surface area contributed by atoms with Gasteiger partial charge in [-0.05, 0) is 30.6 Å². The largest absolute Gasteiger partial charge is 0.385 e. The van der Waals surface area contributed by atoms with Crippen LogP contribution >= 0.6 is 0 Å². The lowest BCUT2D eigenvalue weighted by Gasteiger charge is -2.43. The monoisotopic (exact) mass is 286 g/mol. The molecule has 0 radical (unpaired) electrons. The second kappa shape index (κ2) is 8.98. The van der Waals surface area contributed by atoms with E-state index in [2.05, 4.69) is 18.7 Å². The lowest BCUT2D eigenvalue weighted by molar-refractivity contribution is 0.0800. The molecule has 0 aromatic heterocycles. The third kappa shape index (κ3) is 5.68. The molecule has 1 saturated carbocycles. The van der Waals surface area contributed by atoms with Gasteiger partial charge in [-0.25, -0.2) is 0 Å². The average Bonchev–Trinajstić information content (AvgIpc) is 2.41. The SMILES string of the molecule is COCCCN(CCOC)CC1CCCC(C)(C)C1N. The summed E-state index contributed by atoms with van der Waals surface area (Å²) in [5.41, 5.74) is 6.79. The Kier molecular flexibility index (Phi) is 8.03. The second-order valence-corrected chi connectivity index (χ2v) is 6.81. The van der Waals surface area contributed by atoms with Crippen molar-refractivity contribution in [3.8, 4) is 0 Å². The van der Waals surface area contributed by atoms with Crippen molar-refractivity contribution in [2.24, 2.45) is 17.1 Å². The maximum absolute atomic E-state index is 6.51. The highest BCUT2D eigenvalue weighted by atomic mass is 16.5. The predicted molar refractivity (Wildman–Crippen MR) is 83.9 cm³/mol. The van der Waals surface area contributed by atoms with Crippen LogP contribution in [0.15, 0.2) is 0 Å². The molecule has 0 aromatic rings. The van der Waals surface area contributed by atoms with E-state index >= 15 is 0 Å². The van der Waals surface area contributed by atoms with Gasteiger partial charge in [0, 0.05) is 46.5 Å². The van der Waals surface area contributed by atoms with Crippen LogP contribution in [0.4, 0.5) is 0 Å². The summed E-state index contributed by atoms with van der Waals surface area (Å²) in [6, 6.07) is 0.309. The number of methoxy groups -OCH3 is 2. The summed E-state index contributed by atoms with van der Waals surface area (Å²) in [4.78, 5) is 2.49. The molecular weight excluding hydrogens is 252 g/mol. The minimum absolute atomic E-state index is 0.280. The van der Waals surface area contributed by atoms with Gasteiger partial charge in [0.05, 0.1) is 6.61 Å². The quantitative estimate of drug-likeness (QED) is 0.660. The fourth-order valence-electron chi connectivity index (χ4n) is 3.29. The van der Waals surface area contributed by atoms with Crippen molar-refractivity contribution < 1.29 is 9.47 Å². The molecule has 1 fully saturated rings. The highest BCUT2D eigenvalue weighted by Crippen LogP contribution is 2.37. The zero-order valence-corrected chi connectivity index (χ0v) is 13.9. The topological polar surface area (TPSA) is 47.7 Å². The van der Waals surface area contributed by atoms with Gasteiger partial charge in [0.25, 0.3) is 0 Å². The summed E-state index contributed by atoms with van der Waals surface area (Å²) < 4.78 is 10.4. The fourth-order valence-corrected chi connectivity index (χ4v) is 3.29. The molecule has 2 atom stereocenters. The number of hydrogen-bond acceptors (Lipinski definition) is 4. The molecule has 0 amide bonds.